The summed E-state index contributed by atoms with van der Waals surface area (Å²) in [6, 6.07) is 2.61. The van der Waals surface area contributed by atoms with Crippen LogP contribution in [0.25, 0.3) is 0 Å². The van der Waals surface area contributed by atoms with Gasteiger partial charge in [0.25, 0.3) is 0 Å². The predicted octanol–water partition coefficient (Wildman–Crippen LogP) is 6.95. The topological polar surface area (TPSA) is 50.1 Å². The second-order valence-electron chi connectivity index (χ2n) is 9.20. The molecular formula is C24H41NO2. The summed E-state index contributed by atoms with van der Waals surface area (Å²) < 4.78 is 5.86. The van der Waals surface area contributed by atoms with E-state index in [1.807, 2.05) is 0 Å². The second kappa shape index (κ2) is 11.7. The molecule has 2 rings (SSSR count). The largest absolute Gasteiger partial charge is 0.462 e. The fraction of sp³-hybridized carbons (Fsp3) is 0.917. The molecule has 0 bridgehead atoms. The minimum atomic E-state index is -0.179. The highest BCUT2D eigenvalue weighted by atomic mass is 16.5. The normalized spacial score (nSPS) is 31.2. The molecule has 2 aliphatic carbocycles. The third kappa shape index (κ3) is 7.13. The standard InChI is InChI=1S/C24H41NO2/c1-3-5-6-7-8-16-24(19-25)17-14-21(15-18-24)23(26)27-22-12-10-20(9-4-2)11-13-22/h20-22H,3-18H2,1-2H3/t20-,21-,22-,24+. The first-order chi connectivity index (χ1) is 13.1. The van der Waals surface area contributed by atoms with Gasteiger partial charge >= 0.3 is 5.97 Å². The summed E-state index contributed by atoms with van der Waals surface area (Å²) in [5.74, 6) is 0.886. The number of nitriles is 1. The number of ether oxygens (including phenoxy) is 1. The van der Waals surface area contributed by atoms with Crippen LogP contribution in [0.15, 0.2) is 0 Å². The summed E-state index contributed by atoms with van der Waals surface area (Å²) in [5, 5.41) is 9.73. The first-order valence-electron chi connectivity index (χ1n) is 11.7. The first kappa shape index (κ1) is 22.3. The van der Waals surface area contributed by atoms with Gasteiger partial charge in [0, 0.05) is 0 Å². The van der Waals surface area contributed by atoms with Gasteiger partial charge in [-0.15, -0.1) is 0 Å². The number of rotatable bonds is 10. The molecule has 0 aromatic heterocycles. The third-order valence-electron chi connectivity index (χ3n) is 7.05. The molecule has 0 heterocycles. The fourth-order valence-electron chi connectivity index (χ4n) is 5.10. The lowest BCUT2D eigenvalue weighted by molar-refractivity contribution is -0.157. The molecule has 0 radical (unpaired) electrons. The number of carbonyl (C=O) groups is 1. The van der Waals surface area contributed by atoms with Crippen molar-refractivity contribution in [3.8, 4) is 6.07 Å². The molecule has 2 saturated carbocycles. The highest BCUT2D eigenvalue weighted by Crippen LogP contribution is 2.43. The van der Waals surface area contributed by atoms with Crippen LogP contribution in [-0.2, 0) is 9.53 Å². The zero-order valence-corrected chi connectivity index (χ0v) is 17.8. The highest BCUT2D eigenvalue weighted by Gasteiger charge is 2.38. The molecule has 0 aromatic rings. The maximum Gasteiger partial charge on any atom is 0.309 e. The maximum atomic E-state index is 12.6. The molecule has 2 aliphatic rings. The van der Waals surface area contributed by atoms with Crippen molar-refractivity contribution in [1.82, 2.24) is 0 Å². The minimum absolute atomic E-state index is 0.0171. The van der Waals surface area contributed by atoms with Crippen LogP contribution in [-0.4, -0.2) is 12.1 Å². The molecule has 0 aromatic carbocycles. The Morgan fingerprint density at radius 3 is 2.22 bits per heavy atom. The van der Waals surface area contributed by atoms with Crippen LogP contribution < -0.4 is 0 Å². The van der Waals surface area contributed by atoms with Crippen molar-refractivity contribution >= 4 is 5.97 Å². The second-order valence-corrected chi connectivity index (χ2v) is 9.20. The summed E-state index contributed by atoms with van der Waals surface area (Å²) in [5.41, 5.74) is -0.179. The van der Waals surface area contributed by atoms with Crippen LogP contribution >= 0.6 is 0 Å². The molecule has 0 N–H and O–H groups in total. The van der Waals surface area contributed by atoms with E-state index in [-0.39, 0.29) is 23.4 Å². The fourth-order valence-corrected chi connectivity index (χ4v) is 5.10. The Hall–Kier alpha value is -1.04. The lowest BCUT2D eigenvalue weighted by atomic mass is 9.69. The van der Waals surface area contributed by atoms with Gasteiger partial charge < -0.3 is 4.74 Å². The van der Waals surface area contributed by atoms with E-state index in [0.29, 0.717) is 0 Å². The Bertz CT molecular complexity index is 465. The van der Waals surface area contributed by atoms with Gasteiger partial charge in [0.05, 0.1) is 17.4 Å². The zero-order chi connectivity index (χ0) is 19.5. The molecule has 0 atom stereocenters. The van der Waals surface area contributed by atoms with Crippen molar-refractivity contribution in [3.63, 3.8) is 0 Å². The molecule has 154 valence electrons. The Labute approximate surface area is 167 Å². The lowest BCUT2D eigenvalue weighted by Crippen LogP contribution is -2.33. The highest BCUT2D eigenvalue weighted by molar-refractivity contribution is 5.72. The monoisotopic (exact) mass is 375 g/mol. The van der Waals surface area contributed by atoms with Crippen LogP contribution in [0.5, 0.6) is 0 Å². The Kier molecular flexibility index (Phi) is 9.66. The lowest BCUT2D eigenvalue weighted by Gasteiger charge is -2.35. The maximum absolute atomic E-state index is 12.6. The number of hydrogen-bond donors (Lipinski definition) is 0. The molecule has 0 aliphatic heterocycles. The van der Waals surface area contributed by atoms with Gasteiger partial charge in [-0.1, -0.05) is 58.8 Å². The number of hydrogen-bond acceptors (Lipinski definition) is 3. The SMILES string of the molecule is CCCCCCC[C@]1(C#N)CC[C@@H](C(=O)O[C@H]2CC[C@H](CCC)CC2)CC1. The zero-order valence-electron chi connectivity index (χ0n) is 17.8. The quantitative estimate of drug-likeness (QED) is 0.306. The van der Waals surface area contributed by atoms with Gasteiger partial charge in [0.2, 0.25) is 0 Å². The van der Waals surface area contributed by atoms with Crippen LogP contribution in [0.1, 0.15) is 117 Å². The molecule has 2 fully saturated rings. The van der Waals surface area contributed by atoms with Gasteiger partial charge in [-0.2, -0.15) is 5.26 Å². The van der Waals surface area contributed by atoms with E-state index in [1.165, 1.54) is 51.4 Å². The van der Waals surface area contributed by atoms with Crippen molar-refractivity contribution in [2.75, 3.05) is 0 Å². The first-order valence-corrected chi connectivity index (χ1v) is 11.7. The number of carbonyl (C=O) groups excluding carboxylic acids is 1. The number of unbranched alkanes of at least 4 members (excludes halogenated alkanes) is 4. The smallest absolute Gasteiger partial charge is 0.309 e. The van der Waals surface area contributed by atoms with Gasteiger partial charge in [0.1, 0.15) is 6.10 Å². The molecule has 0 amide bonds. The van der Waals surface area contributed by atoms with Gasteiger partial charge in [0.15, 0.2) is 0 Å². The molecule has 3 nitrogen and oxygen atoms in total. The summed E-state index contributed by atoms with van der Waals surface area (Å²) in [7, 11) is 0. The van der Waals surface area contributed by atoms with E-state index < -0.39 is 0 Å². The molecular weight excluding hydrogens is 334 g/mol. The molecule has 0 saturated heterocycles. The van der Waals surface area contributed by atoms with E-state index in [2.05, 4.69) is 19.9 Å². The average molecular weight is 376 g/mol. The molecule has 3 heteroatoms. The molecule has 0 spiro atoms. The van der Waals surface area contributed by atoms with E-state index in [0.717, 1.165) is 57.3 Å². The summed E-state index contributed by atoms with van der Waals surface area (Å²) in [6.45, 7) is 4.48. The van der Waals surface area contributed by atoms with Crippen LogP contribution in [0, 0.1) is 28.6 Å². The third-order valence-corrected chi connectivity index (χ3v) is 7.05. The molecule has 27 heavy (non-hydrogen) atoms. The van der Waals surface area contributed by atoms with E-state index in [9.17, 15) is 10.1 Å². The van der Waals surface area contributed by atoms with Crippen molar-refractivity contribution in [1.29, 1.82) is 5.26 Å². The van der Waals surface area contributed by atoms with Crippen LogP contribution in [0.3, 0.4) is 0 Å². The summed E-state index contributed by atoms with van der Waals surface area (Å²) in [6.07, 6.45) is 17.9. The minimum Gasteiger partial charge on any atom is -0.462 e. The van der Waals surface area contributed by atoms with Crippen LogP contribution in [0.2, 0.25) is 0 Å². The Morgan fingerprint density at radius 2 is 1.63 bits per heavy atom. The number of nitrogens with zero attached hydrogens (tertiary/aromatic N) is 1. The Balaban J connectivity index is 1.69. The summed E-state index contributed by atoms with van der Waals surface area (Å²) in [4.78, 5) is 12.6. The van der Waals surface area contributed by atoms with Crippen LogP contribution in [0.4, 0.5) is 0 Å². The van der Waals surface area contributed by atoms with Crippen molar-refractivity contribution < 1.29 is 9.53 Å². The van der Waals surface area contributed by atoms with Gasteiger partial charge in [-0.05, 0) is 63.7 Å². The van der Waals surface area contributed by atoms with Crippen molar-refractivity contribution in [2.24, 2.45) is 17.3 Å². The van der Waals surface area contributed by atoms with Crippen molar-refractivity contribution in [3.05, 3.63) is 0 Å². The van der Waals surface area contributed by atoms with Gasteiger partial charge in [-0.25, -0.2) is 0 Å². The van der Waals surface area contributed by atoms with E-state index in [1.54, 1.807) is 0 Å². The Morgan fingerprint density at radius 1 is 0.963 bits per heavy atom. The van der Waals surface area contributed by atoms with E-state index in [4.69, 9.17) is 4.74 Å². The van der Waals surface area contributed by atoms with E-state index >= 15 is 0 Å². The number of esters is 1. The summed E-state index contributed by atoms with van der Waals surface area (Å²) >= 11 is 0. The predicted molar refractivity (Wildman–Crippen MR) is 110 cm³/mol. The molecule has 0 unspecified atom stereocenters. The van der Waals surface area contributed by atoms with Crippen molar-refractivity contribution in [2.45, 2.75) is 123 Å². The average Bonchev–Trinajstić information content (AvgIpc) is 2.70. The van der Waals surface area contributed by atoms with Gasteiger partial charge in [-0.3, -0.25) is 4.79 Å².